The van der Waals surface area contributed by atoms with Crippen LogP contribution in [0.15, 0.2) is 12.3 Å². The first-order valence-corrected chi connectivity index (χ1v) is 7.06. The number of amides is 1. The Balaban J connectivity index is 2.07. The van der Waals surface area contributed by atoms with Gasteiger partial charge in [0, 0.05) is 32.9 Å². The number of unbranched alkanes of at least 4 members (excludes halogenated alkanes) is 1. The van der Waals surface area contributed by atoms with Gasteiger partial charge >= 0.3 is 0 Å². The number of rotatable bonds is 5. The van der Waals surface area contributed by atoms with Gasteiger partial charge in [0.05, 0.1) is 0 Å². The fourth-order valence-electron chi connectivity index (χ4n) is 2.23. The summed E-state index contributed by atoms with van der Waals surface area (Å²) in [6.07, 6.45) is 6.11. The molecule has 0 saturated carbocycles. The molecule has 0 aromatic carbocycles. The van der Waals surface area contributed by atoms with Crippen LogP contribution >= 0.6 is 0 Å². The van der Waals surface area contributed by atoms with Gasteiger partial charge in [0.1, 0.15) is 5.69 Å². The van der Waals surface area contributed by atoms with E-state index in [1.54, 1.807) is 12.3 Å². The quantitative estimate of drug-likeness (QED) is 0.814. The minimum atomic E-state index is 0.0324. The van der Waals surface area contributed by atoms with E-state index in [2.05, 4.69) is 16.9 Å². The maximum atomic E-state index is 12.3. The Morgan fingerprint density at radius 2 is 2.16 bits per heavy atom. The molecule has 0 radical (unpaired) electrons. The van der Waals surface area contributed by atoms with Gasteiger partial charge in [-0.2, -0.15) is 0 Å². The van der Waals surface area contributed by atoms with Crippen molar-refractivity contribution in [3.63, 3.8) is 0 Å². The van der Waals surface area contributed by atoms with E-state index < -0.39 is 0 Å². The van der Waals surface area contributed by atoms with E-state index in [0.29, 0.717) is 11.6 Å². The van der Waals surface area contributed by atoms with Gasteiger partial charge in [0.25, 0.3) is 5.91 Å². The fourth-order valence-corrected chi connectivity index (χ4v) is 2.23. The highest BCUT2D eigenvalue weighted by Gasteiger charge is 2.21. The van der Waals surface area contributed by atoms with Crippen LogP contribution in [0, 0.1) is 0 Å². The van der Waals surface area contributed by atoms with Gasteiger partial charge in [-0.25, -0.2) is 9.97 Å². The summed E-state index contributed by atoms with van der Waals surface area (Å²) in [4.78, 5) is 24.8. The summed E-state index contributed by atoms with van der Waals surface area (Å²) < 4.78 is 0. The lowest BCUT2D eigenvalue weighted by Crippen LogP contribution is -2.29. The van der Waals surface area contributed by atoms with E-state index >= 15 is 0 Å². The maximum absolute atomic E-state index is 12.3. The normalized spacial score (nSPS) is 14.7. The number of nitrogens with zero attached hydrogens (tertiary/aromatic N) is 4. The summed E-state index contributed by atoms with van der Waals surface area (Å²) >= 11 is 0. The van der Waals surface area contributed by atoms with Crippen LogP contribution < -0.4 is 4.90 Å². The van der Waals surface area contributed by atoms with Crippen molar-refractivity contribution in [2.75, 3.05) is 31.6 Å². The van der Waals surface area contributed by atoms with Gasteiger partial charge in [-0.1, -0.05) is 13.3 Å². The Morgan fingerprint density at radius 3 is 2.84 bits per heavy atom. The molecule has 1 aromatic heterocycles. The van der Waals surface area contributed by atoms with Crippen molar-refractivity contribution >= 4 is 11.9 Å². The molecule has 1 aromatic rings. The van der Waals surface area contributed by atoms with E-state index in [1.807, 2.05) is 16.8 Å². The summed E-state index contributed by atoms with van der Waals surface area (Å²) in [5, 5.41) is 0. The molecule has 1 saturated heterocycles. The number of likely N-dealkylation sites (tertiary alicyclic amines) is 1. The number of hydrogen-bond donors (Lipinski definition) is 0. The van der Waals surface area contributed by atoms with Crippen LogP contribution in [0.1, 0.15) is 43.1 Å². The highest BCUT2D eigenvalue weighted by Crippen LogP contribution is 2.13. The zero-order chi connectivity index (χ0) is 13.7. The van der Waals surface area contributed by atoms with E-state index in [9.17, 15) is 4.79 Å². The number of aromatic nitrogens is 2. The molecule has 1 aliphatic heterocycles. The first-order valence-electron chi connectivity index (χ1n) is 7.06. The first kappa shape index (κ1) is 13.8. The zero-order valence-corrected chi connectivity index (χ0v) is 11.8. The molecule has 0 aliphatic carbocycles. The Labute approximate surface area is 114 Å². The number of carbonyl (C=O) groups excluding carboxylic acids is 1. The summed E-state index contributed by atoms with van der Waals surface area (Å²) in [6, 6.07) is 1.71. The molecule has 1 aliphatic rings. The van der Waals surface area contributed by atoms with Crippen LogP contribution in [0.4, 0.5) is 5.95 Å². The van der Waals surface area contributed by atoms with Crippen LogP contribution in [0.5, 0.6) is 0 Å². The number of hydrogen-bond acceptors (Lipinski definition) is 4. The third-order valence-corrected chi connectivity index (χ3v) is 3.44. The smallest absolute Gasteiger partial charge is 0.272 e. The summed E-state index contributed by atoms with van der Waals surface area (Å²) in [5.41, 5.74) is 0.509. The lowest BCUT2D eigenvalue weighted by atomic mass is 10.3. The van der Waals surface area contributed by atoms with Crippen molar-refractivity contribution in [2.24, 2.45) is 0 Å². The second kappa shape index (κ2) is 6.50. The van der Waals surface area contributed by atoms with Crippen LogP contribution in [0.3, 0.4) is 0 Å². The minimum absolute atomic E-state index is 0.0324. The third-order valence-electron chi connectivity index (χ3n) is 3.44. The van der Waals surface area contributed by atoms with Crippen molar-refractivity contribution in [1.29, 1.82) is 0 Å². The van der Waals surface area contributed by atoms with Crippen molar-refractivity contribution < 1.29 is 4.79 Å². The summed E-state index contributed by atoms with van der Waals surface area (Å²) in [5.74, 6) is 0.670. The van der Waals surface area contributed by atoms with Gasteiger partial charge in [0.2, 0.25) is 5.95 Å². The van der Waals surface area contributed by atoms with E-state index in [4.69, 9.17) is 0 Å². The molecule has 0 bridgehead atoms. The van der Waals surface area contributed by atoms with E-state index in [0.717, 1.165) is 45.3 Å². The lowest BCUT2D eigenvalue weighted by molar-refractivity contribution is 0.0787. The van der Waals surface area contributed by atoms with E-state index in [1.165, 1.54) is 0 Å². The fraction of sp³-hybridized carbons (Fsp3) is 0.643. The maximum Gasteiger partial charge on any atom is 0.272 e. The van der Waals surface area contributed by atoms with Gasteiger partial charge in [-0.05, 0) is 25.3 Å². The van der Waals surface area contributed by atoms with Gasteiger partial charge in [0.15, 0.2) is 0 Å². The Bertz CT molecular complexity index is 429. The summed E-state index contributed by atoms with van der Waals surface area (Å²) in [7, 11) is 1.97. The second-order valence-corrected chi connectivity index (χ2v) is 5.02. The molecule has 0 spiro atoms. The molecule has 0 N–H and O–H groups in total. The molecular formula is C14H22N4O. The van der Waals surface area contributed by atoms with Crippen LogP contribution in [-0.2, 0) is 0 Å². The molecular weight excluding hydrogens is 240 g/mol. The average molecular weight is 262 g/mol. The summed E-state index contributed by atoms with van der Waals surface area (Å²) in [6.45, 7) is 4.77. The third kappa shape index (κ3) is 3.43. The Kier molecular flexibility index (Phi) is 4.71. The standard InChI is InChI=1S/C14H22N4O/c1-3-4-9-17(2)14-15-8-7-12(16-14)13(19)18-10-5-6-11-18/h7-8H,3-6,9-11H2,1-2H3. The first-order chi connectivity index (χ1) is 9.22. The molecule has 0 atom stereocenters. The highest BCUT2D eigenvalue weighted by atomic mass is 16.2. The van der Waals surface area contributed by atoms with Crippen LogP contribution in [0.25, 0.3) is 0 Å². The van der Waals surface area contributed by atoms with Crippen molar-refractivity contribution in [3.8, 4) is 0 Å². The number of carbonyl (C=O) groups is 1. The molecule has 19 heavy (non-hydrogen) atoms. The lowest BCUT2D eigenvalue weighted by Gasteiger charge is -2.18. The predicted octanol–water partition coefficient (Wildman–Crippen LogP) is 1.95. The molecule has 5 heteroatoms. The Hall–Kier alpha value is -1.65. The molecule has 5 nitrogen and oxygen atoms in total. The second-order valence-electron chi connectivity index (χ2n) is 5.02. The highest BCUT2D eigenvalue weighted by molar-refractivity contribution is 5.92. The predicted molar refractivity (Wildman–Crippen MR) is 75.3 cm³/mol. The topological polar surface area (TPSA) is 49.3 Å². The zero-order valence-electron chi connectivity index (χ0n) is 11.8. The van der Waals surface area contributed by atoms with Crippen LogP contribution in [-0.4, -0.2) is 47.5 Å². The molecule has 104 valence electrons. The van der Waals surface area contributed by atoms with Crippen LogP contribution in [0.2, 0.25) is 0 Å². The molecule has 2 rings (SSSR count). The van der Waals surface area contributed by atoms with Crippen molar-refractivity contribution in [1.82, 2.24) is 14.9 Å². The van der Waals surface area contributed by atoms with Crippen molar-refractivity contribution in [3.05, 3.63) is 18.0 Å². The number of anilines is 1. The van der Waals surface area contributed by atoms with Crippen molar-refractivity contribution in [2.45, 2.75) is 32.6 Å². The van der Waals surface area contributed by atoms with Gasteiger partial charge in [-0.3, -0.25) is 4.79 Å². The van der Waals surface area contributed by atoms with E-state index in [-0.39, 0.29) is 5.91 Å². The SMILES string of the molecule is CCCCN(C)c1nccc(C(=O)N2CCCC2)n1. The molecule has 1 fully saturated rings. The molecule has 2 heterocycles. The average Bonchev–Trinajstić information content (AvgIpc) is 2.98. The molecule has 0 unspecified atom stereocenters. The largest absolute Gasteiger partial charge is 0.344 e. The Morgan fingerprint density at radius 1 is 1.42 bits per heavy atom. The van der Waals surface area contributed by atoms with Gasteiger partial charge < -0.3 is 9.80 Å². The van der Waals surface area contributed by atoms with Gasteiger partial charge in [-0.15, -0.1) is 0 Å². The molecule has 1 amide bonds. The monoisotopic (exact) mass is 262 g/mol. The minimum Gasteiger partial charge on any atom is -0.344 e.